The summed E-state index contributed by atoms with van der Waals surface area (Å²) in [6.45, 7) is 3.13. The molecule has 1 fully saturated rings. The first-order valence-corrected chi connectivity index (χ1v) is 9.11. The summed E-state index contributed by atoms with van der Waals surface area (Å²) in [5, 5.41) is 8.74. The van der Waals surface area contributed by atoms with Crippen LogP contribution in [0.5, 0.6) is 5.75 Å². The van der Waals surface area contributed by atoms with Crippen molar-refractivity contribution in [2.45, 2.75) is 25.4 Å². The molecular weight excluding hydrogens is 344 g/mol. The molecule has 3 amide bonds. The molecule has 0 radical (unpaired) electrons. The van der Waals surface area contributed by atoms with Crippen LogP contribution in [0.2, 0.25) is 0 Å². The Morgan fingerprint density at radius 1 is 1.22 bits per heavy atom. The quantitative estimate of drug-likeness (QED) is 0.777. The number of ether oxygens (including phenoxy) is 1. The highest BCUT2D eigenvalue weighted by molar-refractivity contribution is 6.04. The lowest BCUT2D eigenvalue weighted by atomic mass is 10.1. The molecule has 0 aromatic heterocycles. The normalized spacial score (nSPS) is 20.3. The fourth-order valence-corrected chi connectivity index (χ4v) is 3.65. The Morgan fingerprint density at radius 2 is 2.00 bits per heavy atom. The highest BCUT2D eigenvalue weighted by Gasteiger charge is 2.41. The van der Waals surface area contributed by atoms with Crippen molar-refractivity contribution in [3.8, 4) is 5.75 Å². The third kappa shape index (κ3) is 3.53. The van der Waals surface area contributed by atoms with Crippen LogP contribution >= 0.6 is 0 Å². The highest BCUT2D eigenvalue weighted by Crippen LogP contribution is 2.36. The van der Waals surface area contributed by atoms with E-state index in [4.69, 9.17) is 4.74 Å². The van der Waals surface area contributed by atoms with E-state index in [9.17, 15) is 9.59 Å². The molecule has 0 bridgehead atoms. The average molecular weight is 366 g/mol. The van der Waals surface area contributed by atoms with E-state index in [1.54, 1.807) is 12.1 Å². The molecule has 3 N–H and O–H groups in total. The van der Waals surface area contributed by atoms with Gasteiger partial charge in [0, 0.05) is 12.2 Å². The number of para-hydroxylation sites is 2. The molecular formula is C20H22N4O3. The summed E-state index contributed by atoms with van der Waals surface area (Å²) < 4.78 is 5.39. The van der Waals surface area contributed by atoms with Crippen LogP contribution in [-0.4, -0.2) is 37.2 Å². The molecule has 1 saturated heterocycles. The molecule has 2 heterocycles. The number of hydrogen-bond donors (Lipinski definition) is 3. The molecule has 2 aliphatic rings. The fraction of sp³-hybridized carbons (Fsp3) is 0.300. The largest absolute Gasteiger partial charge is 0.494 e. The lowest BCUT2D eigenvalue weighted by Crippen LogP contribution is -2.44. The summed E-state index contributed by atoms with van der Waals surface area (Å²) in [6, 6.07) is 14.3. The number of carbonyl (C=O) groups is 2. The van der Waals surface area contributed by atoms with Gasteiger partial charge in [-0.05, 0) is 49.7 Å². The lowest BCUT2D eigenvalue weighted by Gasteiger charge is -2.32. The molecule has 2 aromatic rings. The molecule has 2 aromatic carbocycles. The zero-order valence-electron chi connectivity index (χ0n) is 15.1. The second-order valence-corrected chi connectivity index (χ2v) is 6.66. The maximum atomic E-state index is 12.4. The van der Waals surface area contributed by atoms with Crippen LogP contribution in [0.1, 0.15) is 13.3 Å². The van der Waals surface area contributed by atoms with E-state index in [0.717, 1.165) is 17.1 Å². The minimum absolute atomic E-state index is 0.0232. The Kier molecular flexibility index (Phi) is 4.58. The van der Waals surface area contributed by atoms with E-state index in [1.807, 2.05) is 43.3 Å². The molecule has 0 aliphatic carbocycles. The predicted octanol–water partition coefficient (Wildman–Crippen LogP) is 2.81. The van der Waals surface area contributed by atoms with Gasteiger partial charge in [-0.3, -0.25) is 4.79 Å². The molecule has 2 atom stereocenters. The van der Waals surface area contributed by atoms with Crippen LogP contribution in [0.4, 0.5) is 21.9 Å². The van der Waals surface area contributed by atoms with E-state index in [2.05, 4.69) is 20.9 Å². The van der Waals surface area contributed by atoms with Crippen molar-refractivity contribution in [2.24, 2.45) is 0 Å². The standard InChI is InChI=1S/C20H22N4O3/c1-2-27-15-9-7-13(8-10-15)21-20(26)22-14-11-18-19(25)23-16-5-3-4-6-17(16)24(18)12-14/h3-10,14,18H,2,11-12H2,1H3,(H,23,25)(H2,21,22,26). The van der Waals surface area contributed by atoms with Gasteiger partial charge >= 0.3 is 6.03 Å². The summed E-state index contributed by atoms with van der Waals surface area (Å²) in [4.78, 5) is 26.8. The first-order valence-electron chi connectivity index (χ1n) is 9.11. The van der Waals surface area contributed by atoms with Crippen LogP contribution in [0.3, 0.4) is 0 Å². The number of nitrogens with zero attached hydrogens (tertiary/aromatic N) is 1. The number of nitrogens with one attached hydrogen (secondary N) is 3. The van der Waals surface area contributed by atoms with Crippen LogP contribution < -0.4 is 25.6 Å². The van der Waals surface area contributed by atoms with E-state index >= 15 is 0 Å². The van der Waals surface area contributed by atoms with Gasteiger partial charge in [-0.1, -0.05) is 12.1 Å². The van der Waals surface area contributed by atoms with Crippen molar-refractivity contribution in [1.29, 1.82) is 0 Å². The number of fused-ring (bicyclic) bond motifs is 3. The summed E-state index contributed by atoms with van der Waals surface area (Å²) in [5.74, 6) is 0.741. The van der Waals surface area contributed by atoms with E-state index in [1.165, 1.54) is 0 Å². The van der Waals surface area contributed by atoms with Gasteiger partial charge in [0.05, 0.1) is 24.0 Å². The average Bonchev–Trinajstić information content (AvgIpc) is 3.08. The summed E-state index contributed by atoms with van der Waals surface area (Å²) in [5.41, 5.74) is 2.51. The molecule has 7 nitrogen and oxygen atoms in total. The minimum atomic E-state index is -0.280. The Bertz CT molecular complexity index is 853. The van der Waals surface area contributed by atoms with Crippen LogP contribution in [-0.2, 0) is 4.79 Å². The van der Waals surface area contributed by atoms with Gasteiger partial charge in [0.2, 0.25) is 5.91 Å². The Hall–Kier alpha value is -3.22. The Morgan fingerprint density at radius 3 is 2.78 bits per heavy atom. The number of benzene rings is 2. The molecule has 140 valence electrons. The first kappa shape index (κ1) is 17.2. The van der Waals surface area contributed by atoms with Crippen molar-refractivity contribution < 1.29 is 14.3 Å². The number of anilines is 3. The zero-order valence-corrected chi connectivity index (χ0v) is 15.1. The van der Waals surface area contributed by atoms with Crippen molar-refractivity contribution >= 4 is 29.0 Å². The van der Waals surface area contributed by atoms with Crippen molar-refractivity contribution in [1.82, 2.24) is 5.32 Å². The van der Waals surface area contributed by atoms with Crippen LogP contribution in [0, 0.1) is 0 Å². The van der Waals surface area contributed by atoms with Gasteiger partial charge in [0.25, 0.3) is 0 Å². The fourth-order valence-electron chi connectivity index (χ4n) is 3.65. The minimum Gasteiger partial charge on any atom is -0.494 e. The van der Waals surface area contributed by atoms with Crippen molar-refractivity contribution in [2.75, 3.05) is 28.7 Å². The van der Waals surface area contributed by atoms with Gasteiger partial charge in [-0.15, -0.1) is 0 Å². The molecule has 2 unspecified atom stereocenters. The van der Waals surface area contributed by atoms with Gasteiger partial charge < -0.3 is 25.6 Å². The molecule has 27 heavy (non-hydrogen) atoms. The van der Waals surface area contributed by atoms with E-state index in [0.29, 0.717) is 25.3 Å². The summed E-state index contributed by atoms with van der Waals surface area (Å²) in [6.07, 6.45) is 0.580. The number of carbonyl (C=O) groups excluding carboxylic acids is 2. The lowest BCUT2D eigenvalue weighted by molar-refractivity contribution is -0.117. The first-order chi connectivity index (χ1) is 13.1. The number of urea groups is 1. The third-order valence-electron chi connectivity index (χ3n) is 4.83. The topological polar surface area (TPSA) is 82.7 Å². The molecule has 0 saturated carbocycles. The van der Waals surface area contributed by atoms with Crippen LogP contribution in [0.15, 0.2) is 48.5 Å². The van der Waals surface area contributed by atoms with Gasteiger partial charge in [0.1, 0.15) is 11.8 Å². The summed E-state index contributed by atoms with van der Waals surface area (Å²) in [7, 11) is 0. The molecule has 4 rings (SSSR count). The Balaban J connectivity index is 1.38. The van der Waals surface area contributed by atoms with Gasteiger partial charge in [-0.25, -0.2) is 4.79 Å². The molecule has 2 aliphatic heterocycles. The monoisotopic (exact) mass is 366 g/mol. The third-order valence-corrected chi connectivity index (χ3v) is 4.83. The molecule has 0 spiro atoms. The number of amides is 3. The van der Waals surface area contributed by atoms with Crippen molar-refractivity contribution in [3.63, 3.8) is 0 Å². The molecule has 7 heteroatoms. The van der Waals surface area contributed by atoms with Gasteiger partial charge in [-0.2, -0.15) is 0 Å². The SMILES string of the molecule is CCOc1ccc(NC(=O)NC2CC3C(=O)Nc4ccccc4N3C2)cc1. The predicted molar refractivity (Wildman–Crippen MR) is 104 cm³/mol. The maximum Gasteiger partial charge on any atom is 0.319 e. The highest BCUT2D eigenvalue weighted by atomic mass is 16.5. The zero-order chi connectivity index (χ0) is 18.8. The van der Waals surface area contributed by atoms with Gasteiger partial charge in [0.15, 0.2) is 0 Å². The van der Waals surface area contributed by atoms with Crippen LogP contribution in [0.25, 0.3) is 0 Å². The van der Waals surface area contributed by atoms with Crippen molar-refractivity contribution in [3.05, 3.63) is 48.5 Å². The number of rotatable bonds is 4. The second kappa shape index (κ2) is 7.19. The second-order valence-electron chi connectivity index (χ2n) is 6.66. The maximum absolute atomic E-state index is 12.4. The summed E-state index contributed by atoms with van der Waals surface area (Å²) >= 11 is 0. The number of hydrogen-bond acceptors (Lipinski definition) is 4. The van der Waals surface area contributed by atoms with E-state index < -0.39 is 0 Å². The Labute approximate surface area is 157 Å². The van der Waals surface area contributed by atoms with E-state index in [-0.39, 0.29) is 24.0 Å². The smallest absolute Gasteiger partial charge is 0.319 e.